The van der Waals surface area contributed by atoms with Gasteiger partial charge < -0.3 is 19.5 Å². The van der Waals surface area contributed by atoms with Gasteiger partial charge in [0.2, 0.25) is 0 Å². The average molecular weight is 407 g/mol. The normalized spacial score (nSPS) is 11.5. The molecule has 2 aromatic rings. The summed E-state index contributed by atoms with van der Waals surface area (Å²) in [5, 5.41) is 2.54. The summed E-state index contributed by atoms with van der Waals surface area (Å²) in [6.45, 7) is -0.332. The Hall–Kier alpha value is -3.49. The van der Waals surface area contributed by atoms with Gasteiger partial charge in [-0.05, 0) is 44.2 Å². The highest BCUT2D eigenvalue weighted by Gasteiger charge is 2.22. The van der Waals surface area contributed by atoms with Crippen molar-refractivity contribution in [2.75, 3.05) is 12.4 Å². The molecule has 0 heterocycles. The van der Waals surface area contributed by atoms with Gasteiger partial charge in [0.05, 0.1) is 18.4 Å². The number of Topliss-reactive ketones (excluding diaryl/α,β-unsaturated/α-hetero) is 1. The van der Waals surface area contributed by atoms with Crippen LogP contribution in [0, 0.1) is 0 Å². The molecule has 0 spiro atoms. The number of benzene rings is 2. The Kier molecular flexibility index (Phi) is 7.24. The largest absolute Gasteiger partial charge is 0.493 e. The summed E-state index contributed by atoms with van der Waals surface area (Å²) in [4.78, 5) is 36.2. The number of para-hydroxylation sites is 1. The predicted octanol–water partition coefficient (Wildman–Crippen LogP) is 3.68. The molecule has 0 aromatic heterocycles. The molecule has 1 N–H and O–H groups in total. The summed E-state index contributed by atoms with van der Waals surface area (Å²) >= 11 is 0. The molecular weight excluding hydrogens is 388 g/mol. The minimum absolute atomic E-state index is 0.0211. The molecule has 0 aliphatic rings. The summed E-state index contributed by atoms with van der Waals surface area (Å²) in [6.07, 6.45) is -1.19. The van der Waals surface area contributed by atoms with Gasteiger partial charge in [-0.25, -0.2) is 4.79 Å². The zero-order valence-corrected chi connectivity index (χ0v) is 15.9. The number of alkyl halides is 2. The van der Waals surface area contributed by atoms with Crippen molar-refractivity contribution in [3.05, 3.63) is 53.6 Å². The molecule has 0 aliphatic carbocycles. The predicted molar refractivity (Wildman–Crippen MR) is 99.6 cm³/mol. The molecule has 2 aromatic carbocycles. The third-order valence-electron chi connectivity index (χ3n) is 3.83. The topological polar surface area (TPSA) is 90.9 Å². The molecular formula is C20H19F2NO6. The Bertz CT molecular complexity index is 916. The highest BCUT2D eigenvalue weighted by atomic mass is 19.3. The lowest BCUT2D eigenvalue weighted by atomic mass is 10.1. The van der Waals surface area contributed by atoms with E-state index in [0.717, 1.165) is 12.1 Å². The van der Waals surface area contributed by atoms with Crippen LogP contribution < -0.4 is 14.8 Å². The van der Waals surface area contributed by atoms with E-state index in [4.69, 9.17) is 9.47 Å². The van der Waals surface area contributed by atoms with E-state index in [-0.39, 0.29) is 22.8 Å². The Morgan fingerprint density at radius 1 is 1.03 bits per heavy atom. The fourth-order valence-corrected chi connectivity index (χ4v) is 2.40. The molecule has 0 saturated heterocycles. The first-order chi connectivity index (χ1) is 13.7. The van der Waals surface area contributed by atoms with Crippen molar-refractivity contribution in [1.82, 2.24) is 0 Å². The van der Waals surface area contributed by atoms with Crippen LogP contribution in [0.4, 0.5) is 14.5 Å². The maximum absolute atomic E-state index is 12.4. The molecule has 2 rings (SSSR count). The Morgan fingerprint density at radius 3 is 2.34 bits per heavy atom. The number of amides is 1. The number of ketones is 1. The fraction of sp³-hybridized carbons (Fsp3) is 0.250. The van der Waals surface area contributed by atoms with Gasteiger partial charge in [-0.15, -0.1) is 0 Å². The van der Waals surface area contributed by atoms with Gasteiger partial charge in [-0.1, -0.05) is 12.1 Å². The Morgan fingerprint density at radius 2 is 1.72 bits per heavy atom. The van der Waals surface area contributed by atoms with Crippen molar-refractivity contribution in [2.24, 2.45) is 0 Å². The van der Waals surface area contributed by atoms with Gasteiger partial charge in [-0.3, -0.25) is 9.59 Å². The molecule has 0 radical (unpaired) electrons. The second-order valence-corrected chi connectivity index (χ2v) is 5.88. The summed E-state index contributed by atoms with van der Waals surface area (Å²) < 4.78 is 39.1. The lowest BCUT2D eigenvalue weighted by molar-refractivity contribution is -0.123. The van der Waals surface area contributed by atoms with Gasteiger partial charge in [-0.2, -0.15) is 8.78 Å². The summed E-state index contributed by atoms with van der Waals surface area (Å²) in [7, 11) is 1.23. The van der Waals surface area contributed by atoms with Gasteiger partial charge in [0.25, 0.3) is 5.91 Å². The number of methoxy groups -OCH3 is 1. The number of hydrogen-bond acceptors (Lipinski definition) is 6. The number of carbonyl (C=O) groups excluding carboxylic acids is 3. The highest BCUT2D eigenvalue weighted by Crippen LogP contribution is 2.29. The van der Waals surface area contributed by atoms with E-state index in [1.54, 1.807) is 24.3 Å². The second kappa shape index (κ2) is 9.63. The van der Waals surface area contributed by atoms with Crippen LogP contribution in [0.5, 0.6) is 11.5 Å². The average Bonchev–Trinajstić information content (AvgIpc) is 2.67. The van der Waals surface area contributed by atoms with Crippen molar-refractivity contribution >= 4 is 23.3 Å². The van der Waals surface area contributed by atoms with E-state index < -0.39 is 24.6 Å². The smallest absolute Gasteiger partial charge is 0.387 e. The number of ether oxygens (including phenoxy) is 3. The lowest BCUT2D eigenvalue weighted by Crippen LogP contribution is -2.30. The van der Waals surface area contributed by atoms with Crippen LogP contribution in [0.1, 0.15) is 34.6 Å². The molecule has 0 bridgehead atoms. The van der Waals surface area contributed by atoms with Gasteiger partial charge in [0.15, 0.2) is 23.4 Å². The molecule has 29 heavy (non-hydrogen) atoms. The van der Waals surface area contributed by atoms with Crippen LogP contribution >= 0.6 is 0 Å². The summed E-state index contributed by atoms with van der Waals surface area (Å²) in [6, 6.07) is 9.92. The quantitative estimate of drug-likeness (QED) is 0.530. The third-order valence-corrected chi connectivity index (χ3v) is 3.83. The molecule has 1 amide bonds. The number of anilines is 1. The van der Waals surface area contributed by atoms with Gasteiger partial charge >= 0.3 is 12.6 Å². The highest BCUT2D eigenvalue weighted by molar-refractivity contribution is 6.05. The number of nitrogens with one attached hydrogen (secondary N) is 1. The van der Waals surface area contributed by atoms with Crippen molar-refractivity contribution < 1.29 is 37.4 Å². The number of halogens is 2. The molecule has 7 nitrogen and oxygen atoms in total. The summed E-state index contributed by atoms with van der Waals surface area (Å²) in [5.41, 5.74) is 0.592. The first-order valence-corrected chi connectivity index (χ1v) is 8.47. The van der Waals surface area contributed by atoms with Crippen LogP contribution in [0.25, 0.3) is 0 Å². The van der Waals surface area contributed by atoms with Crippen molar-refractivity contribution in [1.29, 1.82) is 0 Å². The first-order valence-electron chi connectivity index (χ1n) is 8.47. The van der Waals surface area contributed by atoms with Crippen LogP contribution in [-0.2, 0) is 9.53 Å². The third kappa shape index (κ3) is 5.74. The molecule has 0 fully saturated rings. The summed E-state index contributed by atoms with van der Waals surface area (Å²) in [5.74, 6) is -2.08. The van der Waals surface area contributed by atoms with Gasteiger partial charge in [0, 0.05) is 5.56 Å². The van der Waals surface area contributed by atoms with E-state index in [9.17, 15) is 23.2 Å². The second-order valence-electron chi connectivity index (χ2n) is 5.88. The fourth-order valence-electron chi connectivity index (χ4n) is 2.40. The van der Waals surface area contributed by atoms with Crippen molar-refractivity contribution in [3.63, 3.8) is 0 Å². The van der Waals surface area contributed by atoms with Crippen LogP contribution in [-0.4, -0.2) is 37.5 Å². The van der Waals surface area contributed by atoms with E-state index in [0.29, 0.717) is 11.3 Å². The maximum Gasteiger partial charge on any atom is 0.387 e. The van der Waals surface area contributed by atoms with Crippen LogP contribution in [0.3, 0.4) is 0 Å². The molecule has 0 saturated carbocycles. The number of rotatable bonds is 8. The molecule has 0 aliphatic heterocycles. The minimum atomic E-state index is -3.05. The first kappa shape index (κ1) is 21.8. The zero-order chi connectivity index (χ0) is 21.6. The van der Waals surface area contributed by atoms with Gasteiger partial charge in [0.1, 0.15) is 0 Å². The van der Waals surface area contributed by atoms with Crippen LogP contribution in [0.15, 0.2) is 42.5 Å². The Labute approximate surface area is 165 Å². The van der Waals surface area contributed by atoms with E-state index >= 15 is 0 Å². The standard InChI is InChI=1S/C20H19F2NO6/c1-11(24)14-6-4-5-7-15(14)23-18(25)12(2)28-19(26)13-8-9-16(29-20(21)22)17(10-13)27-3/h4-10,12,20H,1-3H3,(H,23,25)/t12-/m1/s1. The van der Waals surface area contributed by atoms with Crippen molar-refractivity contribution in [3.8, 4) is 11.5 Å². The monoisotopic (exact) mass is 407 g/mol. The van der Waals surface area contributed by atoms with E-state index in [2.05, 4.69) is 10.1 Å². The molecule has 1 atom stereocenters. The molecule has 154 valence electrons. The van der Waals surface area contributed by atoms with Crippen molar-refractivity contribution in [2.45, 2.75) is 26.6 Å². The number of hydrogen-bond donors (Lipinski definition) is 1. The minimum Gasteiger partial charge on any atom is -0.493 e. The number of carbonyl (C=O) groups is 3. The van der Waals surface area contributed by atoms with E-state index in [1.165, 1.54) is 27.0 Å². The Balaban J connectivity index is 2.08. The van der Waals surface area contributed by atoms with E-state index in [1.807, 2.05) is 0 Å². The maximum atomic E-state index is 12.4. The molecule has 0 unspecified atom stereocenters. The molecule has 9 heteroatoms. The zero-order valence-electron chi connectivity index (χ0n) is 15.9. The van der Waals surface area contributed by atoms with Crippen LogP contribution in [0.2, 0.25) is 0 Å². The number of esters is 1. The lowest BCUT2D eigenvalue weighted by Gasteiger charge is -2.16. The SMILES string of the molecule is COc1cc(C(=O)O[C@H](C)C(=O)Nc2ccccc2C(C)=O)ccc1OC(F)F.